The van der Waals surface area contributed by atoms with E-state index in [9.17, 15) is 14.4 Å². The third-order valence-corrected chi connectivity index (χ3v) is 7.39. The van der Waals surface area contributed by atoms with Crippen LogP contribution in [0, 0.1) is 13.8 Å². The Labute approximate surface area is 251 Å². The fraction of sp³-hybridized carbons (Fsp3) is 0.273. The zero-order valence-electron chi connectivity index (χ0n) is 25.4. The first-order valence-electron chi connectivity index (χ1n) is 13.8. The summed E-state index contributed by atoms with van der Waals surface area (Å²) >= 11 is 0. The summed E-state index contributed by atoms with van der Waals surface area (Å²) in [4.78, 5) is 43.3. The molecular formula is C33H37N5O5. The van der Waals surface area contributed by atoms with Crippen molar-refractivity contribution < 1.29 is 23.9 Å². The highest BCUT2D eigenvalue weighted by Gasteiger charge is 2.18. The number of nitrogens with zero attached hydrogens (tertiary/aromatic N) is 3. The van der Waals surface area contributed by atoms with Crippen LogP contribution in [0.25, 0.3) is 17.1 Å². The largest absolute Gasteiger partial charge is 0.487 e. The predicted octanol–water partition coefficient (Wildman–Crippen LogP) is 4.07. The van der Waals surface area contributed by atoms with Gasteiger partial charge < -0.3 is 29.6 Å². The zero-order chi connectivity index (χ0) is 31.1. The van der Waals surface area contributed by atoms with Gasteiger partial charge in [-0.25, -0.2) is 4.98 Å². The predicted molar refractivity (Wildman–Crippen MR) is 167 cm³/mol. The summed E-state index contributed by atoms with van der Waals surface area (Å²) in [5, 5.41) is 5.21. The molecule has 4 aromatic rings. The third-order valence-electron chi connectivity index (χ3n) is 7.39. The number of nitrogens with one attached hydrogen (secondary N) is 2. The molecule has 3 amide bonds. The number of likely N-dealkylation sites (N-methyl/N-ethyl adjacent to an activating group) is 1. The van der Waals surface area contributed by atoms with Crippen LogP contribution < -0.4 is 20.3 Å². The van der Waals surface area contributed by atoms with Crippen molar-refractivity contribution in [1.82, 2.24) is 20.2 Å². The van der Waals surface area contributed by atoms with Crippen LogP contribution in [0.5, 0.6) is 5.75 Å². The van der Waals surface area contributed by atoms with Gasteiger partial charge in [0.05, 0.1) is 12.1 Å². The Bertz CT molecular complexity index is 1670. The summed E-state index contributed by atoms with van der Waals surface area (Å²) in [6.45, 7) is 4.50. The van der Waals surface area contributed by atoms with Crippen molar-refractivity contribution in [1.29, 1.82) is 0 Å². The van der Waals surface area contributed by atoms with Crippen LogP contribution in [0.2, 0.25) is 0 Å². The standard InChI is InChI=1S/C33H37N5O5/c1-21-10-16-26(22(2)25(21)19-43-28-9-7-8-27-32(28)36-29(20-42-6)37(27)4)38(5)31(40)18-35-30(39)17-13-23-11-14-24(15-12-23)33(41)34-3/h7-17H,18-20H2,1-6H3,(H,34,41)(H,35,39)/b17-13+. The number of rotatable bonds is 11. The lowest BCUT2D eigenvalue weighted by atomic mass is 10.0. The summed E-state index contributed by atoms with van der Waals surface area (Å²) in [5.74, 6) is 0.631. The van der Waals surface area contributed by atoms with Crippen molar-refractivity contribution in [2.45, 2.75) is 27.1 Å². The Kier molecular flexibility index (Phi) is 9.95. The second-order valence-corrected chi connectivity index (χ2v) is 10.1. The first-order valence-corrected chi connectivity index (χ1v) is 13.8. The van der Waals surface area contributed by atoms with Crippen molar-refractivity contribution in [2.75, 3.05) is 32.6 Å². The van der Waals surface area contributed by atoms with Crippen LogP contribution in [-0.4, -0.2) is 55.0 Å². The lowest BCUT2D eigenvalue weighted by molar-refractivity contribution is -0.122. The highest BCUT2D eigenvalue weighted by molar-refractivity contribution is 5.99. The van der Waals surface area contributed by atoms with Crippen LogP contribution in [0.4, 0.5) is 5.69 Å². The summed E-state index contributed by atoms with van der Waals surface area (Å²) in [6, 6.07) is 16.5. The van der Waals surface area contributed by atoms with E-state index < -0.39 is 5.91 Å². The molecule has 3 aromatic carbocycles. The van der Waals surface area contributed by atoms with E-state index >= 15 is 0 Å². The van der Waals surface area contributed by atoms with Crippen LogP contribution in [0.3, 0.4) is 0 Å². The molecule has 2 N–H and O–H groups in total. The Balaban J connectivity index is 1.40. The molecule has 0 radical (unpaired) electrons. The monoisotopic (exact) mass is 583 g/mol. The molecule has 0 unspecified atom stereocenters. The topological polar surface area (TPSA) is 115 Å². The number of carbonyl (C=O) groups is 3. The van der Waals surface area contributed by atoms with Gasteiger partial charge in [-0.1, -0.05) is 24.3 Å². The van der Waals surface area contributed by atoms with E-state index in [2.05, 4.69) is 10.6 Å². The van der Waals surface area contributed by atoms with E-state index in [1.54, 1.807) is 51.5 Å². The zero-order valence-corrected chi connectivity index (χ0v) is 25.4. The molecule has 1 aromatic heterocycles. The maximum Gasteiger partial charge on any atom is 0.251 e. The minimum absolute atomic E-state index is 0.167. The number of benzene rings is 3. The molecule has 10 heteroatoms. The molecule has 0 saturated carbocycles. The number of para-hydroxylation sites is 1. The lowest BCUT2D eigenvalue weighted by Crippen LogP contribution is -2.38. The SMILES string of the molecule is CNC(=O)c1ccc(/C=C/C(=O)NCC(=O)N(C)c2ccc(C)c(COc3cccc4c3nc(COC)n4C)c2C)cc1. The van der Waals surface area contributed by atoms with Gasteiger partial charge in [-0.05, 0) is 72.5 Å². The molecule has 43 heavy (non-hydrogen) atoms. The summed E-state index contributed by atoms with van der Waals surface area (Å²) in [5.41, 5.74) is 6.65. The number of amides is 3. The van der Waals surface area contributed by atoms with Crippen LogP contribution in [0.15, 0.2) is 60.7 Å². The Hall–Kier alpha value is -4.96. The summed E-state index contributed by atoms with van der Waals surface area (Å²) < 4.78 is 13.5. The maximum atomic E-state index is 13.0. The van der Waals surface area contributed by atoms with Gasteiger partial charge >= 0.3 is 0 Å². The number of carbonyl (C=O) groups excluding carboxylic acids is 3. The summed E-state index contributed by atoms with van der Waals surface area (Å²) in [6.07, 6.45) is 2.98. The van der Waals surface area contributed by atoms with Crippen molar-refractivity contribution in [3.63, 3.8) is 0 Å². The molecule has 0 spiro atoms. The average Bonchev–Trinajstić information content (AvgIpc) is 3.33. The second-order valence-electron chi connectivity index (χ2n) is 10.1. The number of ether oxygens (including phenoxy) is 2. The number of aromatic nitrogens is 2. The van der Waals surface area contributed by atoms with Crippen molar-refractivity contribution >= 4 is 40.5 Å². The van der Waals surface area contributed by atoms with E-state index in [1.807, 2.05) is 55.8 Å². The first-order chi connectivity index (χ1) is 20.6. The lowest BCUT2D eigenvalue weighted by Gasteiger charge is -2.23. The Morgan fingerprint density at radius 1 is 1.02 bits per heavy atom. The molecule has 0 saturated heterocycles. The highest BCUT2D eigenvalue weighted by Crippen LogP contribution is 2.30. The molecule has 224 valence electrons. The van der Waals surface area contributed by atoms with Gasteiger partial charge in [0.25, 0.3) is 5.91 Å². The van der Waals surface area contributed by atoms with Gasteiger partial charge in [0, 0.05) is 45.6 Å². The number of anilines is 1. The van der Waals surface area contributed by atoms with Crippen LogP contribution in [0.1, 0.15) is 38.4 Å². The van der Waals surface area contributed by atoms with Crippen LogP contribution >= 0.6 is 0 Å². The van der Waals surface area contributed by atoms with Crippen molar-refractivity contribution in [2.24, 2.45) is 7.05 Å². The molecule has 1 heterocycles. The molecule has 0 atom stereocenters. The van der Waals surface area contributed by atoms with E-state index in [0.717, 1.165) is 44.8 Å². The van der Waals surface area contributed by atoms with Gasteiger partial charge in [0.15, 0.2) is 0 Å². The number of hydrogen-bond acceptors (Lipinski definition) is 6. The van der Waals surface area contributed by atoms with E-state index in [0.29, 0.717) is 24.5 Å². The molecule has 4 rings (SSSR count). The first kappa shape index (κ1) is 31.0. The second kappa shape index (κ2) is 13.8. The van der Waals surface area contributed by atoms with Gasteiger partial charge in [0.2, 0.25) is 11.8 Å². The fourth-order valence-electron chi connectivity index (χ4n) is 4.76. The fourth-order valence-corrected chi connectivity index (χ4v) is 4.76. The number of hydrogen-bond donors (Lipinski definition) is 2. The molecule has 0 fully saturated rings. The van der Waals surface area contributed by atoms with E-state index in [4.69, 9.17) is 14.5 Å². The minimum atomic E-state index is -0.399. The molecule has 0 aliphatic heterocycles. The van der Waals surface area contributed by atoms with Crippen molar-refractivity contribution in [3.8, 4) is 5.75 Å². The normalized spacial score (nSPS) is 11.1. The third kappa shape index (κ3) is 7.10. The molecule has 0 aliphatic carbocycles. The van der Waals surface area contributed by atoms with Gasteiger partial charge in [-0.15, -0.1) is 0 Å². The molecule has 0 bridgehead atoms. The molecular weight excluding hydrogens is 546 g/mol. The van der Waals surface area contributed by atoms with E-state index in [-0.39, 0.29) is 18.4 Å². The number of fused-ring (bicyclic) bond motifs is 1. The number of methoxy groups -OCH3 is 1. The maximum absolute atomic E-state index is 13.0. The van der Waals surface area contributed by atoms with Crippen molar-refractivity contribution in [3.05, 3.63) is 94.3 Å². The molecule has 10 nitrogen and oxygen atoms in total. The smallest absolute Gasteiger partial charge is 0.251 e. The van der Waals surface area contributed by atoms with Gasteiger partial charge in [0.1, 0.15) is 30.3 Å². The van der Waals surface area contributed by atoms with Gasteiger partial charge in [-0.3, -0.25) is 14.4 Å². The minimum Gasteiger partial charge on any atom is -0.487 e. The highest BCUT2D eigenvalue weighted by atomic mass is 16.5. The Morgan fingerprint density at radius 3 is 2.47 bits per heavy atom. The quantitative estimate of drug-likeness (QED) is 0.257. The Morgan fingerprint density at radius 2 is 1.77 bits per heavy atom. The average molecular weight is 584 g/mol. The number of imidazole rings is 1. The van der Waals surface area contributed by atoms with E-state index in [1.165, 1.54) is 11.0 Å². The number of aryl methyl sites for hydroxylation is 2. The molecule has 0 aliphatic rings. The van der Waals surface area contributed by atoms with Crippen LogP contribution in [-0.2, 0) is 34.6 Å². The summed E-state index contributed by atoms with van der Waals surface area (Å²) in [7, 11) is 6.84. The van der Waals surface area contributed by atoms with Gasteiger partial charge in [-0.2, -0.15) is 0 Å².